The van der Waals surface area contributed by atoms with E-state index in [0.717, 1.165) is 48.7 Å². The molecular formula is C29H38N6O5S. The van der Waals surface area contributed by atoms with Gasteiger partial charge in [-0.3, -0.25) is 34.6 Å². The molecule has 6 rings (SSSR count). The van der Waals surface area contributed by atoms with Gasteiger partial charge in [-0.15, -0.1) is 11.3 Å². The predicted octanol–water partition coefficient (Wildman–Crippen LogP) is 3.12. The summed E-state index contributed by atoms with van der Waals surface area (Å²) in [6.45, 7) is 6.06. The molecule has 0 aliphatic carbocycles. The highest BCUT2D eigenvalue weighted by atomic mass is 32.1. The first-order valence-corrected chi connectivity index (χ1v) is 15.5. The van der Waals surface area contributed by atoms with Crippen LogP contribution >= 0.6 is 11.3 Å². The lowest BCUT2D eigenvalue weighted by molar-refractivity contribution is -0.150. The molecule has 12 heteroatoms. The van der Waals surface area contributed by atoms with Gasteiger partial charge in [0.15, 0.2) is 0 Å². The molecule has 0 bridgehead atoms. The largest absolute Gasteiger partial charge is 0.497 e. The summed E-state index contributed by atoms with van der Waals surface area (Å²) in [6, 6.07) is 5.45. The number of anilines is 1. The summed E-state index contributed by atoms with van der Waals surface area (Å²) in [5.74, 6) is 0.544. The first kappa shape index (κ1) is 27.8. The van der Waals surface area contributed by atoms with Gasteiger partial charge in [0.2, 0.25) is 0 Å². The van der Waals surface area contributed by atoms with E-state index in [2.05, 4.69) is 15.5 Å². The van der Waals surface area contributed by atoms with Crippen LogP contribution in [0.25, 0.3) is 10.1 Å². The number of likely N-dealkylation sites (tertiary alicyclic amines) is 2. The highest BCUT2D eigenvalue weighted by Crippen LogP contribution is 2.43. The van der Waals surface area contributed by atoms with E-state index in [0.29, 0.717) is 62.0 Å². The molecule has 5 amide bonds. The van der Waals surface area contributed by atoms with E-state index in [1.165, 1.54) is 11.3 Å². The number of carbonyl (C=O) groups excluding carboxylic acids is 4. The van der Waals surface area contributed by atoms with Crippen LogP contribution in [0.15, 0.2) is 18.2 Å². The standard InChI is InChI=1S/C29H38N6O5S/c1-3-30-28(39)31-24-23(21-8-7-20(40-2)17-22(21)41-24)25(36)32-15-9-19(10-16-32)33-12-6-11-29(18-33)26(37)34-13-4-5-14-35(34)27(29)38/h7-8,17,19H,3-6,9-16,18H2,1-2H3,(H2,30,31,39). The number of nitrogens with one attached hydrogen (secondary N) is 2. The van der Waals surface area contributed by atoms with Crippen LogP contribution in [0.5, 0.6) is 5.75 Å². The molecular weight excluding hydrogens is 544 g/mol. The van der Waals surface area contributed by atoms with Crippen LogP contribution in [-0.4, -0.2) is 103 Å². The number of thiophene rings is 1. The topological polar surface area (TPSA) is 115 Å². The third-order valence-corrected chi connectivity index (χ3v) is 10.1. The zero-order valence-electron chi connectivity index (χ0n) is 23.7. The van der Waals surface area contributed by atoms with Crippen LogP contribution in [-0.2, 0) is 9.59 Å². The number of hydrogen-bond acceptors (Lipinski definition) is 7. The molecule has 1 aromatic heterocycles. The number of hydrogen-bond donors (Lipinski definition) is 2. The van der Waals surface area contributed by atoms with Gasteiger partial charge >= 0.3 is 6.03 Å². The minimum absolute atomic E-state index is 0.0207. The molecule has 0 radical (unpaired) electrons. The van der Waals surface area contributed by atoms with Crippen LogP contribution in [0.4, 0.5) is 9.80 Å². The van der Waals surface area contributed by atoms with Gasteiger partial charge in [-0.05, 0) is 70.2 Å². The molecule has 220 valence electrons. The van der Waals surface area contributed by atoms with Gasteiger partial charge in [-0.25, -0.2) is 4.79 Å². The molecule has 0 saturated carbocycles. The number of nitrogens with zero attached hydrogens (tertiary/aromatic N) is 4. The Balaban J connectivity index is 1.17. The van der Waals surface area contributed by atoms with Crippen LogP contribution in [0.3, 0.4) is 0 Å². The second kappa shape index (κ2) is 11.1. The van der Waals surface area contributed by atoms with E-state index < -0.39 is 5.41 Å². The fourth-order valence-electron chi connectivity index (χ4n) is 6.93. The summed E-state index contributed by atoms with van der Waals surface area (Å²) in [5.41, 5.74) is -0.451. The number of piperidine rings is 2. The second-order valence-corrected chi connectivity index (χ2v) is 12.4. The Kier molecular flexibility index (Phi) is 7.54. The summed E-state index contributed by atoms with van der Waals surface area (Å²) >= 11 is 1.36. The van der Waals surface area contributed by atoms with Crippen molar-refractivity contribution in [2.24, 2.45) is 5.41 Å². The maximum absolute atomic E-state index is 13.9. The van der Waals surface area contributed by atoms with Crippen molar-refractivity contribution in [3.63, 3.8) is 0 Å². The molecule has 1 aromatic carbocycles. The molecule has 1 spiro atoms. The molecule has 4 saturated heterocycles. The highest BCUT2D eigenvalue weighted by Gasteiger charge is 2.60. The minimum atomic E-state index is -0.953. The number of ether oxygens (including phenoxy) is 1. The van der Waals surface area contributed by atoms with Crippen LogP contribution < -0.4 is 15.4 Å². The number of amides is 5. The van der Waals surface area contributed by atoms with E-state index in [-0.39, 0.29) is 29.8 Å². The first-order valence-electron chi connectivity index (χ1n) is 14.7. The van der Waals surface area contributed by atoms with Gasteiger partial charge in [0.05, 0.1) is 12.7 Å². The summed E-state index contributed by atoms with van der Waals surface area (Å²) in [4.78, 5) is 57.4. The van der Waals surface area contributed by atoms with Crippen molar-refractivity contribution >= 4 is 50.2 Å². The number of benzene rings is 1. The van der Waals surface area contributed by atoms with E-state index >= 15 is 0 Å². The number of carbonyl (C=O) groups is 4. The van der Waals surface area contributed by atoms with Crippen LogP contribution in [0.1, 0.15) is 55.8 Å². The van der Waals surface area contributed by atoms with Gasteiger partial charge in [0, 0.05) is 55.4 Å². The maximum atomic E-state index is 13.9. The molecule has 41 heavy (non-hydrogen) atoms. The molecule has 0 atom stereocenters. The van der Waals surface area contributed by atoms with Gasteiger partial charge in [-0.2, -0.15) is 0 Å². The third kappa shape index (κ3) is 4.80. The molecule has 5 heterocycles. The van der Waals surface area contributed by atoms with Gasteiger partial charge in [0.1, 0.15) is 16.2 Å². The molecule has 11 nitrogen and oxygen atoms in total. The predicted molar refractivity (Wildman–Crippen MR) is 156 cm³/mol. The number of urea groups is 1. The average Bonchev–Trinajstić information content (AvgIpc) is 3.45. The van der Waals surface area contributed by atoms with Crippen LogP contribution in [0, 0.1) is 5.41 Å². The SMILES string of the molecule is CCNC(=O)Nc1sc2cc(OC)ccc2c1C(=O)N1CCC(N2CCCC3(C2)C(=O)N2CCCCN2C3=O)CC1. The fraction of sp³-hybridized carbons (Fsp3) is 0.586. The molecule has 4 fully saturated rings. The third-order valence-electron chi connectivity index (χ3n) is 9.03. The highest BCUT2D eigenvalue weighted by molar-refractivity contribution is 7.23. The van der Waals surface area contributed by atoms with Crippen molar-refractivity contribution in [1.29, 1.82) is 0 Å². The summed E-state index contributed by atoms with van der Waals surface area (Å²) in [5, 5.41) is 10.3. The quantitative estimate of drug-likeness (QED) is 0.524. The summed E-state index contributed by atoms with van der Waals surface area (Å²) < 4.78 is 6.24. The van der Waals surface area contributed by atoms with Gasteiger partial charge < -0.3 is 15.0 Å². The van der Waals surface area contributed by atoms with E-state index in [1.807, 2.05) is 30.0 Å². The lowest BCUT2D eigenvalue weighted by Gasteiger charge is -2.44. The lowest BCUT2D eigenvalue weighted by Crippen LogP contribution is -2.56. The Bertz CT molecular complexity index is 1340. The monoisotopic (exact) mass is 582 g/mol. The van der Waals surface area contributed by atoms with Crippen molar-refractivity contribution in [3.05, 3.63) is 23.8 Å². The second-order valence-electron chi connectivity index (χ2n) is 11.4. The van der Waals surface area contributed by atoms with Crippen molar-refractivity contribution in [1.82, 2.24) is 25.1 Å². The number of hydrazine groups is 1. The smallest absolute Gasteiger partial charge is 0.319 e. The Hall–Kier alpha value is -3.38. The molecule has 4 aliphatic rings. The Morgan fingerprint density at radius 2 is 1.73 bits per heavy atom. The molecule has 2 aromatic rings. The van der Waals surface area contributed by atoms with Crippen molar-refractivity contribution in [2.75, 3.05) is 58.2 Å². The fourth-order valence-corrected chi connectivity index (χ4v) is 8.04. The summed E-state index contributed by atoms with van der Waals surface area (Å²) in [6.07, 6.45) is 4.85. The number of fused-ring (bicyclic) bond motifs is 2. The Morgan fingerprint density at radius 1 is 1.02 bits per heavy atom. The van der Waals surface area contributed by atoms with Gasteiger partial charge in [-0.1, -0.05) is 0 Å². The Labute approximate surface area is 243 Å². The van der Waals surface area contributed by atoms with Crippen molar-refractivity contribution in [2.45, 2.75) is 51.5 Å². The van der Waals surface area contributed by atoms with E-state index in [9.17, 15) is 19.2 Å². The lowest BCUT2D eigenvalue weighted by atomic mass is 9.78. The Morgan fingerprint density at radius 3 is 2.39 bits per heavy atom. The van der Waals surface area contributed by atoms with E-state index in [1.54, 1.807) is 17.1 Å². The minimum Gasteiger partial charge on any atom is -0.497 e. The van der Waals surface area contributed by atoms with E-state index in [4.69, 9.17) is 4.74 Å². The van der Waals surface area contributed by atoms with Crippen molar-refractivity contribution < 1.29 is 23.9 Å². The normalized spacial score (nSPS) is 21.5. The van der Waals surface area contributed by atoms with Crippen molar-refractivity contribution in [3.8, 4) is 5.75 Å². The summed E-state index contributed by atoms with van der Waals surface area (Å²) in [7, 11) is 1.60. The zero-order chi connectivity index (χ0) is 28.7. The molecule has 0 unspecified atom stereocenters. The van der Waals surface area contributed by atoms with Gasteiger partial charge in [0.25, 0.3) is 17.7 Å². The number of rotatable bonds is 5. The zero-order valence-corrected chi connectivity index (χ0v) is 24.6. The first-order chi connectivity index (χ1) is 19.9. The molecule has 4 aliphatic heterocycles. The average molecular weight is 583 g/mol. The maximum Gasteiger partial charge on any atom is 0.319 e. The molecule has 2 N–H and O–H groups in total. The van der Waals surface area contributed by atoms with Crippen LogP contribution in [0.2, 0.25) is 0 Å². The number of methoxy groups -OCH3 is 1.